The molecule has 0 spiro atoms. The molecule has 0 aliphatic carbocycles. The molecule has 0 amide bonds. The zero-order chi connectivity index (χ0) is 17.3. The number of hydrogen-bond acceptors (Lipinski definition) is 2. The van der Waals surface area contributed by atoms with Crippen molar-refractivity contribution < 1.29 is 26.0 Å². The molecule has 0 atom stereocenters. The van der Waals surface area contributed by atoms with Gasteiger partial charge in [0.15, 0.2) is 0 Å². The molecule has 8 heteroatoms. The molecule has 2 rings (SSSR count). The summed E-state index contributed by atoms with van der Waals surface area (Å²) in [7, 11) is -3.95. The molecule has 0 unspecified atom stereocenters. The number of halogens is 4. The third-order valence-electron chi connectivity index (χ3n) is 3.18. The summed E-state index contributed by atoms with van der Waals surface area (Å²) in [6, 6.07) is 7.33. The lowest BCUT2D eigenvalue weighted by Gasteiger charge is -2.10. The minimum absolute atomic E-state index is 0.0928. The molecule has 0 heterocycles. The van der Waals surface area contributed by atoms with Gasteiger partial charge in [-0.25, -0.2) is 17.5 Å². The average molecular weight is 347 g/mol. The molecule has 1 N–H and O–H groups in total. The summed E-state index contributed by atoms with van der Waals surface area (Å²) in [5.41, 5.74) is -0.0128. The minimum atomic E-state index is -4.53. The third-order valence-corrected chi connectivity index (χ3v) is 4.60. The first-order valence-electron chi connectivity index (χ1n) is 6.51. The maximum atomic E-state index is 13.1. The number of alkyl halides is 3. The lowest BCUT2D eigenvalue weighted by Crippen LogP contribution is -2.23. The number of hydrogen-bond donors (Lipinski definition) is 1. The standard InChI is InChI=1S/C15H13F4NO2S/c1-10-8-11(2-7-14(10)16)9-20-23(21,22)13-5-3-12(4-6-13)15(17,18)19/h2-8,20H,9H2,1H3. The van der Waals surface area contributed by atoms with Crippen molar-refractivity contribution in [1.82, 2.24) is 4.72 Å². The van der Waals surface area contributed by atoms with Crippen LogP contribution in [0.1, 0.15) is 16.7 Å². The second kappa shape index (κ2) is 6.29. The van der Waals surface area contributed by atoms with Crippen LogP contribution in [0.3, 0.4) is 0 Å². The Labute approximate surface area is 131 Å². The lowest BCUT2D eigenvalue weighted by molar-refractivity contribution is -0.137. The molecule has 2 aromatic rings. The topological polar surface area (TPSA) is 46.2 Å². The maximum absolute atomic E-state index is 13.1. The summed E-state index contributed by atoms with van der Waals surface area (Å²) >= 11 is 0. The van der Waals surface area contributed by atoms with E-state index in [1.807, 2.05) is 0 Å². The molecule has 0 saturated carbocycles. The van der Waals surface area contributed by atoms with Crippen molar-refractivity contribution in [1.29, 1.82) is 0 Å². The van der Waals surface area contributed by atoms with E-state index in [1.54, 1.807) is 6.92 Å². The molecule has 3 nitrogen and oxygen atoms in total. The number of aryl methyl sites for hydroxylation is 1. The van der Waals surface area contributed by atoms with Crippen molar-refractivity contribution in [2.45, 2.75) is 24.5 Å². The molecule has 0 fully saturated rings. The lowest BCUT2D eigenvalue weighted by atomic mass is 10.1. The van der Waals surface area contributed by atoms with Gasteiger partial charge in [0.1, 0.15) is 5.82 Å². The zero-order valence-corrected chi connectivity index (χ0v) is 12.8. The molecular formula is C15H13F4NO2S. The van der Waals surface area contributed by atoms with E-state index in [0.29, 0.717) is 23.3 Å². The van der Waals surface area contributed by atoms with Crippen molar-refractivity contribution in [3.8, 4) is 0 Å². The predicted octanol–water partition coefficient (Wildman–Crippen LogP) is 3.63. The normalized spacial score (nSPS) is 12.4. The molecule has 0 saturated heterocycles. The van der Waals surface area contributed by atoms with Crippen LogP contribution in [-0.2, 0) is 22.7 Å². The van der Waals surface area contributed by atoms with Gasteiger partial charge in [-0.1, -0.05) is 12.1 Å². The fourth-order valence-electron chi connectivity index (χ4n) is 1.90. The highest BCUT2D eigenvalue weighted by molar-refractivity contribution is 7.89. The molecule has 0 bridgehead atoms. The predicted molar refractivity (Wildman–Crippen MR) is 76.6 cm³/mol. The number of nitrogens with one attached hydrogen (secondary N) is 1. The van der Waals surface area contributed by atoms with E-state index in [-0.39, 0.29) is 11.4 Å². The molecular weight excluding hydrogens is 334 g/mol. The van der Waals surface area contributed by atoms with Crippen molar-refractivity contribution in [3.63, 3.8) is 0 Å². The van der Waals surface area contributed by atoms with Gasteiger partial charge in [-0.15, -0.1) is 0 Å². The fraction of sp³-hybridized carbons (Fsp3) is 0.200. The van der Waals surface area contributed by atoms with Gasteiger partial charge in [-0.05, 0) is 48.4 Å². The second-order valence-corrected chi connectivity index (χ2v) is 6.70. The van der Waals surface area contributed by atoms with Gasteiger partial charge < -0.3 is 0 Å². The molecule has 124 valence electrons. The minimum Gasteiger partial charge on any atom is -0.207 e. The van der Waals surface area contributed by atoms with Crippen molar-refractivity contribution in [2.75, 3.05) is 0 Å². The Hall–Kier alpha value is -1.93. The summed E-state index contributed by atoms with van der Waals surface area (Å²) in [6.45, 7) is 1.45. The first-order chi connectivity index (χ1) is 10.6. The number of benzene rings is 2. The summed E-state index contributed by atoms with van der Waals surface area (Å²) < 4.78 is 76.9. The highest BCUT2D eigenvalue weighted by atomic mass is 32.2. The quantitative estimate of drug-likeness (QED) is 0.859. The van der Waals surface area contributed by atoms with Crippen LogP contribution < -0.4 is 4.72 Å². The van der Waals surface area contributed by atoms with Crippen LogP contribution >= 0.6 is 0 Å². The summed E-state index contributed by atoms with van der Waals surface area (Å²) in [5, 5.41) is 0. The molecule has 0 radical (unpaired) electrons. The Morgan fingerprint density at radius 3 is 2.17 bits per heavy atom. The van der Waals surface area contributed by atoms with E-state index in [1.165, 1.54) is 18.2 Å². The second-order valence-electron chi connectivity index (χ2n) is 4.93. The molecule has 0 aliphatic rings. The zero-order valence-electron chi connectivity index (χ0n) is 12.0. The Morgan fingerprint density at radius 1 is 1.04 bits per heavy atom. The molecule has 23 heavy (non-hydrogen) atoms. The Kier molecular flexibility index (Phi) is 4.76. The van der Waals surface area contributed by atoms with Gasteiger partial charge in [0.25, 0.3) is 0 Å². The van der Waals surface area contributed by atoms with Crippen LogP contribution in [0.4, 0.5) is 17.6 Å². The Balaban J connectivity index is 2.14. The van der Waals surface area contributed by atoms with Gasteiger partial charge in [0, 0.05) is 6.54 Å². The molecule has 2 aromatic carbocycles. The highest BCUT2D eigenvalue weighted by Crippen LogP contribution is 2.29. The van der Waals surface area contributed by atoms with Gasteiger partial charge in [0.05, 0.1) is 10.5 Å². The molecule has 0 aromatic heterocycles. The van der Waals surface area contributed by atoms with Crippen LogP contribution in [0.5, 0.6) is 0 Å². The Morgan fingerprint density at radius 2 is 1.65 bits per heavy atom. The smallest absolute Gasteiger partial charge is 0.207 e. The van der Waals surface area contributed by atoms with E-state index >= 15 is 0 Å². The number of sulfonamides is 1. The first kappa shape index (κ1) is 17.4. The summed E-state index contributed by atoms with van der Waals surface area (Å²) in [6.07, 6.45) is -4.53. The van der Waals surface area contributed by atoms with Gasteiger partial charge >= 0.3 is 6.18 Å². The highest BCUT2D eigenvalue weighted by Gasteiger charge is 2.30. The van der Waals surface area contributed by atoms with Crippen molar-refractivity contribution in [2.24, 2.45) is 0 Å². The van der Waals surface area contributed by atoms with E-state index in [0.717, 1.165) is 12.1 Å². The van der Waals surface area contributed by atoms with Crippen LogP contribution in [-0.4, -0.2) is 8.42 Å². The summed E-state index contributed by atoms with van der Waals surface area (Å²) in [5.74, 6) is -0.403. The summed E-state index contributed by atoms with van der Waals surface area (Å²) in [4.78, 5) is -0.274. The van der Waals surface area contributed by atoms with Crippen molar-refractivity contribution >= 4 is 10.0 Å². The van der Waals surface area contributed by atoms with E-state index < -0.39 is 27.6 Å². The first-order valence-corrected chi connectivity index (χ1v) is 8.00. The van der Waals surface area contributed by atoms with Crippen LogP contribution in [0.25, 0.3) is 0 Å². The van der Waals surface area contributed by atoms with Crippen LogP contribution in [0, 0.1) is 12.7 Å². The van der Waals surface area contributed by atoms with Gasteiger partial charge in [-0.2, -0.15) is 13.2 Å². The van der Waals surface area contributed by atoms with Gasteiger partial charge in [-0.3, -0.25) is 0 Å². The SMILES string of the molecule is Cc1cc(CNS(=O)(=O)c2ccc(C(F)(F)F)cc2)ccc1F. The van der Waals surface area contributed by atoms with E-state index in [4.69, 9.17) is 0 Å². The fourth-order valence-corrected chi connectivity index (χ4v) is 2.92. The Bertz CT molecular complexity index is 799. The van der Waals surface area contributed by atoms with Crippen LogP contribution in [0.2, 0.25) is 0 Å². The largest absolute Gasteiger partial charge is 0.416 e. The van der Waals surface area contributed by atoms with Crippen molar-refractivity contribution in [3.05, 3.63) is 65.0 Å². The van der Waals surface area contributed by atoms with E-state index in [2.05, 4.69) is 4.72 Å². The third kappa shape index (κ3) is 4.29. The van der Waals surface area contributed by atoms with Crippen LogP contribution in [0.15, 0.2) is 47.4 Å². The molecule has 0 aliphatic heterocycles. The number of rotatable bonds is 4. The average Bonchev–Trinajstić information content (AvgIpc) is 2.48. The monoisotopic (exact) mass is 347 g/mol. The maximum Gasteiger partial charge on any atom is 0.416 e. The van der Waals surface area contributed by atoms with E-state index in [9.17, 15) is 26.0 Å². The van der Waals surface area contributed by atoms with Gasteiger partial charge in [0.2, 0.25) is 10.0 Å².